The van der Waals surface area contributed by atoms with Crippen molar-refractivity contribution in [1.82, 2.24) is 9.80 Å². The molecular weight excluding hydrogens is 256 g/mol. The van der Waals surface area contributed by atoms with Crippen LogP contribution in [0.4, 0.5) is 4.79 Å². The van der Waals surface area contributed by atoms with Crippen LogP contribution in [-0.2, 0) is 4.79 Å². The number of aliphatic hydroxyl groups is 1. The summed E-state index contributed by atoms with van der Waals surface area (Å²) < 4.78 is 0. The minimum Gasteiger partial charge on any atom is -0.480 e. The molecule has 1 aliphatic heterocycles. The fraction of sp³-hybridized carbons (Fsp3) is 0.818. The van der Waals surface area contributed by atoms with Gasteiger partial charge >= 0.3 is 12.0 Å². The Hall–Kier alpha value is -0.950. The second-order valence-corrected chi connectivity index (χ2v) is 5.97. The number of carbonyl (C=O) groups excluding carboxylic acids is 1. The summed E-state index contributed by atoms with van der Waals surface area (Å²) in [6.45, 7) is 2.04. The molecule has 1 saturated heterocycles. The SMILES string of the molecule is CC1SCC(C(=O)O)N1C(=O)N(CCO)C1CC1. The summed E-state index contributed by atoms with van der Waals surface area (Å²) in [5.41, 5.74) is 0. The van der Waals surface area contributed by atoms with Crippen LogP contribution >= 0.6 is 11.8 Å². The second-order valence-electron chi connectivity index (χ2n) is 4.62. The predicted octanol–water partition coefficient (Wildman–Crippen LogP) is 0.411. The number of rotatable bonds is 4. The monoisotopic (exact) mass is 274 g/mol. The summed E-state index contributed by atoms with van der Waals surface area (Å²) >= 11 is 1.47. The largest absolute Gasteiger partial charge is 0.480 e. The van der Waals surface area contributed by atoms with Gasteiger partial charge in [-0.2, -0.15) is 0 Å². The van der Waals surface area contributed by atoms with E-state index in [9.17, 15) is 9.59 Å². The number of thioether (sulfide) groups is 1. The quantitative estimate of drug-likeness (QED) is 0.776. The molecule has 1 aliphatic carbocycles. The number of aliphatic carboxylic acids is 1. The number of hydrogen-bond acceptors (Lipinski definition) is 4. The van der Waals surface area contributed by atoms with E-state index in [0.717, 1.165) is 12.8 Å². The van der Waals surface area contributed by atoms with Crippen molar-refractivity contribution in [3.05, 3.63) is 0 Å². The van der Waals surface area contributed by atoms with Gasteiger partial charge in [0.1, 0.15) is 6.04 Å². The van der Waals surface area contributed by atoms with E-state index < -0.39 is 12.0 Å². The molecule has 2 aliphatic rings. The van der Waals surface area contributed by atoms with Crippen LogP contribution in [0.2, 0.25) is 0 Å². The first-order valence-electron chi connectivity index (χ1n) is 6.10. The summed E-state index contributed by atoms with van der Waals surface area (Å²) in [6.07, 6.45) is 1.89. The second kappa shape index (κ2) is 5.36. The minimum atomic E-state index is -0.958. The van der Waals surface area contributed by atoms with E-state index >= 15 is 0 Å². The highest BCUT2D eigenvalue weighted by atomic mass is 32.2. The molecule has 7 heteroatoms. The third kappa shape index (κ3) is 2.56. The molecular formula is C11H18N2O4S. The van der Waals surface area contributed by atoms with Crippen LogP contribution in [0.5, 0.6) is 0 Å². The standard InChI is InChI=1S/C11H18N2O4S/c1-7-13(9(6-18-7)10(15)16)11(17)12(4-5-14)8-2-3-8/h7-9,14H,2-6H2,1H3,(H,15,16). The maximum Gasteiger partial charge on any atom is 0.327 e. The molecule has 0 spiro atoms. The number of amides is 2. The molecule has 102 valence electrons. The first-order chi connectivity index (χ1) is 8.56. The van der Waals surface area contributed by atoms with E-state index in [2.05, 4.69) is 0 Å². The summed E-state index contributed by atoms with van der Waals surface area (Å²) in [4.78, 5) is 26.6. The molecule has 1 heterocycles. The van der Waals surface area contributed by atoms with Crippen molar-refractivity contribution in [2.45, 2.75) is 37.2 Å². The zero-order chi connectivity index (χ0) is 13.3. The Morgan fingerprint density at radius 3 is 2.61 bits per heavy atom. The van der Waals surface area contributed by atoms with E-state index in [1.807, 2.05) is 6.92 Å². The topological polar surface area (TPSA) is 81.1 Å². The van der Waals surface area contributed by atoms with Gasteiger partial charge in [0.25, 0.3) is 0 Å². The molecule has 0 aromatic rings. The molecule has 2 rings (SSSR count). The highest BCUT2D eigenvalue weighted by Crippen LogP contribution is 2.33. The molecule has 6 nitrogen and oxygen atoms in total. The van der Waals surface area contributed by atoms with Crippen LogP contribution in [0.3, 0.4) is 0 Å². The van der Waals surface area contributed by atoms with Crippen molar-refractivity contribution in [2.75, 3.05) is 18.9 Å². The summed E-state index contributed by atoms with van der Waals surface area (Å²) in [5, 5.41) is 18.0. The van der Waals surface area contributed by atoms with Crippen LogP contribution in [-0.4, -0.2) is 68.4 Å². The van der Waals surface area contributed by atoms with Gasteiger partial charge in [0.05, 0.1) is 12.0 Å². The fourth-order valence-electron chi connectivity index (χ4n) is 2.20. The Morgan fingerprint density at radius 2 is 2.11 bits per heavy atom. The minimum absolute atomic E-state index is 0.0880. The maximum absolute atomic E-state index is 12.4. The normalized spacial score (nSPS) is 27.3. The maximum atomic E-state index is 12.4. The van der Waals surface area contributed by atoms with E-state index in [1.54, 1.807) is 4.90 Å². The Morgan fingerprint density at radius 1 is 1.44 bits per heavy atom. The van der Waals surface area contributed by atoms with Gasteiger partial charge in [-0.1, -0.05) is 0 Å². The molecule has 2 unspecified atom stereocenters. The lowest BCUT2D eigenvalue weighted by atomic mass is 10.3. The van der Waals surface area contributed by atoms with Crippen molar-refractivity contribution >= 4 is 23.8 Å². The van der Waals surface area contributed by atoms with Crippen LogP contribution in [0, 0.1) is 0 Å². The van der Waals surface area contributed by atoms with E-state index in [-0.39, 0.29) is 30.6 Å². The molecule has 0 bridgehead atoms. The van der Waals surface area contributed by atoms with Crippen LogP contribution in [0.25, 0.3) is 0 Å². The average Bonchev–Trinajstić information content (AvgIpc) is 3.07. The number of urea groups is 1. The van der Waals surface area contributed by atoms with Gasteiger partial charge in [-0.05, 0) is 19.8 Å². The summed E-state index contributed by atoms with van der Waals surface area (Å²) in [6, 6.07) is -0.828. The molecule has 0 aromatic heterocycles. The number of carboxylic acids is 1. The van der Waals surface area contributed by atoms with Gasteiger partial charge in [0.2, 0.25) is 0 Å². The first-order valence-corrected chi connectivity index (χ1v) is 7.15. The van der Waals surface area contributed by atoms with Gasteiger partial charge < -0.3 is 15.1 Å². The Labute approximate surface area is 110 Å². The predicted molar refractivity (Wildman–Crippen MR) is 67.4 cm³/mol. The highest BCUT2D eigenvalue weighted by molar-refractivity contribution is 8.00. The van der Waals surface area contributed by atoms with E-state index in [1.165, 1.54) is 16.7 Å². The molecule has 1 saturated carbocycles. The lowest BCUT2D eigenvalue weighted by Crippen LogP contribution is -2.52. The molecule has 2 N–H and O–H groups in total. The third-order valence-corrected chi connectivity index (χ3v) is 4.52. The number of hydrogen-bond donors (Lipinski definition) is 2. The van der Waals surface area contributed by atoms with Gasteiger partial charge in [0.15, 0.2) is 0 Å². The molecule has 18 heavy (non-hydrogen) atoms. The molecule has 2 fully saturated rings. The first kappa shape index (κ1) is 13.5. The number of nitrogens with zero attached hydrogens (tertiary/aromatic N) is 2. The number of carbonyl (C=O) groups is 2. The van der Waals surface area contributed by atoms with Crippen molar-refractivity contribution in [3.63, 3.8) is 0 Å². The average molecular weight is 274 g/mol. The Kier molecular flexibility index (Phi) is 4.01. The van der Waals surface area contributed by atoms with Gasteiger partial charge in [0, 0.05) is 18.3 Å². The molecule has 0 aromatic carbocycles. The highest BCUT2D eigenvalue weighted by Gasteiger charge is 2.44. The van der Waals surface area contributed by atoms with Crippen molar-refractivity contribution in [2.24, 2.45) is 0 Å². The van der Waals surface area contributed by atoms with Crippen LogP contribution in [0.1, 0.15) is 19.8 Å². The summed E-state index contributed by atoms with van der Waals surface area (Å²) in [5.74, 6) is -0.528. The number of aliphatic hydroxyl groups excluding tert-OH is 1. The van der Waals surface area contributed by atoms with Gasteiger partial charge in [-0.25, -0.2) is 9.59 Å². The number of carboxylic acid groups (broad SMARTS) is 1. The zero-order valence-electron chi connectivity index (χ0n) is 10.3. The molecule has 0 radical (unpaired) electrons. The van der Waals surface area contributed by atoms with Gasteiger partial charge in [-0.15, -0.1) is 11.8 Å². The van der Waals surface area contributed by atoms with Crippen molar-refractivity contribution < 1.29 is 19.8 Å². The Bertz CT molecular complexity index is 348. The van der Waals surface area contributed by atoms with Crippen LogP contribution in [0.15, 0.2) is 0 Å². The van der Waals surface area contributed by atoms with Crippen molar-refractivity contribution in [3.8, 4) is 0 Å². The van der Waals surface area contributed by atoms with Crippen molar-refractivity contribution in [1.29, 1.82) is 0 Å². The zero-order valence-corrected chi connectivity index (χ0v) is 11.1. The molecule has 2 atom stereocenters. The smallest absolute Gasteiger partial charge is 0.327 e. The van der Waals surface area contributed by atoms with E-state index in [4.69, 9.17) is 10.2 Å². The summed E-state index contributed by atoms with van der Waals surface area (Å²) in [7, 11) is 0. The van der Waals surface area contributed by atoms with Gasteiger partial charge in [-0.3, -0.25) is 4.90 Å². The lowest BCUT2D eigenvalue weighted by Gasteiger charge is -2.32. The fourth-order valence-corrected chi connectivity index (χ4v) is 3.36. The lowest BCUT2D eigenvalue weighted by molar-refractivity contribution is -0.141. The Balaban J connectivity index is 2.11. The van der Waals surface area contributed by atoms with Crippen LogP contribution < -0.4 is 0 Å². The van der Waals surface area contributed by atoms with E-state index in [0.29, 0.717) is 5.75 Å². The third-order valence-electron chi connectivity index (χ3n) is 3.30. The molecule has 2 amide bonds.